The van der Waals surface area contributed by atoms with Crippen molar-refractivity contribution in [3.05, 3.63) is 46.7 Å². The van der Waals surface area contributed by atoms with Crippen molar-refractivity contribution < 1.29 is 0 Å². The predicted molar refractivity (Wildman–Crippen MR) is 91.7 cm³/mol. The summed E-state index contributed by atoms with van der Waals surface area (Å²) in [5, 5.41) is 0. The fourth-order valence-electron chi connectivity index (χ4n) is 3.56. The van der Waals surface area contributed by atoms with Crippen LogP contribution in [-0.2, 0) is 20.1 Å². The third kappa shape index (κ3) is 3.59. The van der Waals surface area contributed by atoms with Crippen LogP contribution in [0.4, 0.5) is 0 Å². The van der Waals surface area contributed by atoms with Gasteiger partial charge >= 0.3 is 0 Å². The molecule has 1 saturated heterocycles. The maximum Gasteiger partial charge on any atom is 0.253 e. The molecule has 2 fully saturated rings. The number of likely N-dealkylation sites (tertiary alicyclic amines) is 1. The van der Waals surface area contributed by atoms with Crippen molar-refractivity contribution in [3.8, 4) is 0 Å². The fourth-order valence-corrected chi connectivity index (χ4v) is 3.56. The van der Waals surface area contributed by atoms with E-state index in [1.807, 2.05) is 17.9 Å². The zero-order valence-corrected chi connectivity index (χ0v) is 14.3. The Morgan fingerprint density at radius 2 is 1.92 bits per heavy atom. The molecule has 6 heteroatoms. The quantitative estimate of drug-likeness (QED) is 0.840. The Morgan fingerprint density at radius 3 is 2.54 bits per heavy atom. The van der Waals surface area contributed by atoms with E-state index in [0.717, 1.165) is 50.4 Å². The van der Waals surface area contributed by atoms with Crippen LogP contribution in [0.1, 0.15) is 43.0 Å². The van der Waals surface area contributed by atoms with Gasteiger partial charge in [-0.25, -0.2) is 9.97 Å². The predicted octanol–water partition coefficient (Wildman–Crippen LogP) is 1.77. The van der Waals surface area contributed by atoms with Crippen LogP contribution < -0.4 is 5.56 Å². The minimum absolute atomic E-state index is 0.114. The van der Waals surface area contributed by atoms with Crippen LogP contribution in [0.25, 0.3) is 0 Å². The molecule has 1 saturated carbocycles. The Morgan fingerprint density at radius 1 is 1.12 bits per heavy atom. The van der Waals surface area contributed by atoms with Gasteiger partial charge in [-0.15, -0.1) is 0 Å². The first kappa shape index (κ1) is 15.6. The molecule has 2 aromatic rings. The highest BCUT2D eigenvalue weighted by molar-refractivity contribution is 5.12. The largest absolute Gasteiger partial charge is 0.340 e. The number of rotatable bonds is 5. The zero-order chi connectivity index (χ0) is 16.5. The molecule has 0 bridgehead atoms. The minimum atomic E-state index is 0.114. The van der Waals surface area contributed by atoms with E-state index in [4.69, 9.17) is 0 Å². The van der Waals surface area contributed by atoms with Gasteiger partial charge in [-0.05, 0) is 44.7 Å². The van der Waals surface area contributed by atoms with Gasteiger partial charge in [-0.1, -0.05) is 0 Å². The van der Waals surface area contributed by atoms with Crippen molar-refractivity contribution in [1.82, 2.24) is 24.0 Å². The number of imidazole rings is 1. The van der Waals surface area contributed by atoms with Crippen molar-refractivity contribution in [3.63, 3.8) is 0 Å². The second-order valence-electron chi connectivity index (χ2n) is 7.33. The third-order valence-electron chi connectivity index (χ3n) is 5.20. The number of aryl methyl sites for hydroxylation is 1. The molecule has 0 aromatic carbocycles. The fraction of sp³-hybridized carbons (Fsp3) is 0.611. The summed E-state index contributed by atoms with van der Waals surface area (Å²) in [6.07, 6.45) is 10.3. The summed E-state index contributed by atoms with van der Waals surface area (Å²) in [6, 6.07) is 1.74. The van der Waals surface area contributed by atoms with Crippen molar-refractivity contribution in [2.24, 2.45) is 13.0 Å². The second-order valence-corrected chi connectivity index (χ2v) is 7.33. The molecule has 4 rings (SSSR count). The molecule has 0 unspecified atom stereocenters. The van der Waals surface area contributed by atoms with E-state index in [1.54, 1.807) is 17.0 Å². The standard InChI is InChI=1S/C18H25N5O/c1-21-10-16(19-12-21)11-22-6-4-14(5-7-22)9-23-13-20-17(8-18(23)24)15-2-3-15/h8,10,12-15H,2-7,9,11H2,1H3. The molecule has 2 aromatic heterocycles. The van der Waals surface area contributed by atoms with E-state index in [2.05, 4.69) is 21.1 Å². The van der Waals surface area contributed by atoms with Gasteiger partial charge in [-0.2, -0.15) is 0 Å². The molecule has 0 amide bonds. The molecule has 3 heterocycles. The average molecular weight is 327 g/mol. The molecule has 0 atom stereocenters. The summed E-state index contributed by atoms with van der Waals surface area (Å²) in [6.45, 7) is 3.87. The molecule has 0 N–H and O–H groups in total. The molecule has 0 spiro atoms. The molecule has 128 valence electrons. The van der Waals surface area contributed by atoms with Crippen LogP contribution >= 0.6 is 0 Å². The molecular formula is C18H25N5O. The molecule has 1 aliphatic carbocycles. The van der Waals surface area contributed by atoms with Gasteiger partial charge in [0.05, 0.1) is 24.0 Å². The van der Waals surface area contributed by atoms with Gasteiger partial charge in [-0.3, -0.25) is 14.3 Å². The van der Waals surface area contributed by atoms with Crippen LogP contribution in [0.15, 0.2) is 29.7 Å². The van der Waals surface area contributed by atoms with Gasteiger partial charge in [0.1, 0.15) is 0 Å². The molecule has 1 aliphatic heterocycles. The highest BCUT2D eigenvalue weighted by atomic mass is 16.1. The lowest BCUT2D eigenvalue weighted by Gasteiger charge is -2.31. The maximum atomic E-state index is 12.3. The first-order chi connectivity index (χ1) is 11.7. The lowest BCUT2D eigenvalue weighted by atomic mass is 9.96. The molecule has 0 radical (unpaired) electrons. The average Bonchev–Trinajstić information content (AvgIpc) is 3.34. The van der Waals surface area contributed by atoms with E-state index >= 15 is 0 Å². The normalized spacial score (nSPS) is 19.7. The van der Waals surface area contributed by atoms with E-state index in [-0.39, 0.29) is 5.56 Å². The first-order valence-corrected chi connectivity index (χ1v) is 8.93. The number of piperidine rings is 1. The molecule has 6 nitrogen and oxygen atoms in total. The van der Waals surface area contributed by atoms with Crippen molar-refractivity contribution in [2.45, 2.75) is 44.7 Å². The lowest BCUT2D eigenvalue weighted by Crippen LogP contribution is -2.36. The lowest BCUT2D eigenvalue weighted by molar-refractivity contribution is 0.165. The highest BCUT2D eigenvalue weighted by Gasteiger charge is 2.26. The van der Waals surface area contributed by atoms with Crippen LogP contribution in [0.5, 0.6) is 0 Å². The topological polar surface area (TPSA) is 56.0 Å². The number of nitrogens with zero attached hydrogens (tertiary/aromatic N) is 5. The van der Waals surface area contributed by atoms with Crippen molar-refractivity contribution in [1.29, 1.82) is 0 Å². The van der Waals surface area contributed by atoms with E-state index in [0.29, 0.717) is 11.8 Å². The van der Waals surface area contributed by atoms with E-state index < -0.39 is 0 Å². The van der Waals surface area contributed by atoms with Gasteiger partial charge in [0, 0.05) is 38.3 Å². The summed E-state index contributed by atoms with van der Waals surface area (Å²) in [5.74, 6) is 1.11. The van der Waals surface area contributed by atoms with Gasteiger partial charge in [0.15, 0.2) is 0 Å². The van der Waals surface area contributed by atoms with E-state index in [1.165, 1.54) is 12.8 Å². The van der Waals surface area contributed by atoms with Crippen LogP contribution in [0.3, 0.4) is 0 Å². The summed E-state index contributed by atoms with van der Waals surface area (Å²) < 4.78 is 3.79. The Balaban J connectivity index is 1.30. The molecular weight excluding hydrogens is 302 g/mol. The number of aromatic nitrogens is 4. The first-order valence-electron chi connectivity index (χ1n) is 8.93. The molecule has 24 heavy (non-hydrogen) atoms. The van der Waals surface area contributed by atoms with Crippen LogP contribution in [0.2, 0.25) is 0 Å². The highest BCUT2D eigenvalue weighted by Crippen LogP contribution is 2.38. The van der Waals surface area contributed by atoms with Gasteiger partial charge in [0.2, 0.25) is 0 Å². The van der Waals surface area contributed by atoms with Crippen LogP contribution in [0, 0.1) is 5.92 Å². The van der Waals surface area contributed by atoms with Crippen molar-refractivity contribution >= 4 is 0 Å². The van der Waals surface area contributed by atoms with Crippen molar-refractivity contribution in [2.75, 3.05) is 13.1 Å². The summed E-state index contributed by atoms with van der Waals surface area (Å²) in [7, 11) is 2.00. The Labute approximate surface area is 142 Å². The monoisotopic (exact) mass is 327 g/mol. The summed E-state index contributed by atoms with van der Waals surface area (Å²) in [5.41, 5.74) is 2.23. The third-order valence-corrected chi connectivity index (χ3v) is 5.20. The number of hydrogen-bond donors (Lipinski definition) is 0. The number of hydrogen-bond acceptors (Lipinski definition) is 4. The van der Waals surface area contributed by atoms with Gasteiger partial charge < -0.3 is 4.57 Å². The molecule has 2 aliphatic rings. The smallest absolute Gasteiger partial charge is 0.253 e. The maximum absolute atomic E-state index is 12.3. The minimum Gasteiger partial charge on any atom is -0.340 e. The summed E-state index contributed by atoms with van der Waals surface area (Å²) >= 11 is 0. The zero-order valence-electron chi connectivity index (χ0n) is 14.3. The summed E-state index contributed by atoms with van der Waals surface area (Å²) in [4.78, 5) is 23.6. The van der Waals surface area contributed by atoms with E-state index in [9.17, 15) is 4.79 Å². The Hall–Kier alpha value is -1.95. The Kier molecular flexibility index (Phi) is 4.22. The second kappa shape index (κ2) is 6.51. The SMILES string of the molecule is Cn1cnc(CN2CCC(Cn3cnc(C4CC4)cc3=O)CC2)c1. The van der Waals surface area contributed by atoms with Crippen LogP contribution in [-0.4, -0.2) is 37.1 Å². The Bertz CT molecular complexity index is 753. The van der Waals surface area contributed by atoms with Gasteiger partial charge in [0.25, 0.3) is 5.56 Å².